The number of piperazine rings is 1. The number of nitrogens with zero attached hydrogens (tertiary/aromatic N) is 4. The van der Waals surface area contributed by atoms with Crippen molar-refractivity contribution in [2.24, 2.45) is 0 Å². The van der Waals surface area contributed by atoms with E-state index in [0.717, 1.165) is 36.5 Å². The fourth-order valence-corrected chi connectivity index (χ4v) is 4.18. The van der Waals surface area contributed by atoms with E-state index in [-0.39, 0.29) is 11.8 Å². The van der Waals surface area contributed by atoms with Crippen LogP contribution in [0.15, 0.2) is 54.2 Å². The van der Waals surface area contributed by atoms with Crippen LogP contribution >= 0.6 is 0 Å². The van der Waals surface area contributed by atoms with E-state index in [1.165, 1.54) is 4.90 Å². The van der Waals surface area contributed by atoms with Gasteiger partial charge in [0, 0.05) is 46.0 Å². The molecule has 33 heavy (non-hydrogen) atoms. The molecule has 0 spiro atoms. The largest absolute Gasteiger partial charge is 0.494 e. The average molecular weight is 449 g/mol. The summed E-state index contributed by atoms with van der Waals surface area (Å²) in [5, 5.41) is 0. The lowest BCUT2D eigenvalue weighted by Crippen LogP contribution is -2.46. The number of imide groups is 1. The molecule has 1 saturated heterocycles. The highest BCUT2D eigenvalue weighted by atomic mass is 16.5. The van der Waals surface area contributed by atoms with Gasteiger partial charge in [-0.2, -0.15) is 0 Å². The first kappa shape index (κ1) is 22.9. The summed E-state index contributed by atoms with van der Waals surface area (Å²) in [6.45, 7) is 5.80. The zero-order chi connectivity index (χ0) is 23.5. The molecule has 7 nitrogen and oxygen atoms in total. The number of amides is 2. The Morgan fingerprint density at radius 2 is 1.64 bits per heavy atom. The van der Waals surface area contributed by atoms with Crippen molar-refractivity contribution in [2.75, 3.05) is 63.7 Å². The molecule has 2 aromatic carbocycles. The van der Waals surface area contributed by atoms with E-state index >= 15 is 0 Å². The van der Waals surface area contributed by atoms with Gasteiger partial charge < -0.3 is 19.4 Å². The number of carbonyl (C=O) groups excluding carboxylic acids is 2. The summed E-state index contributed by atoms with van der Waals surface area (Å²) < 4.78 is 5.70. The van der Waals surface area contributed by atoms with Crippen molar-refractivity contribution in [1.29, 1.82) is 0 Å². The maximum Gasteiger partial charge on any atom is 0.282 e. The lowest BCUT2D eigenvalue weighted by atomic mass is 10.0. The molecule has 4 rings (SSSR count). The molecule has 174 valence electrons. The highest BCUT2D eigenvalue weighted by molar-refractivity contribution is 6.45. The lowest BCUT2D eigenvalue weighted by Gasteiger charge is -2.34. The Morgan fingerprint density at radius 1 is 0.939 bits per heavy atom. The number of ether oxygens (including phenoxy) is 1. The quantitative estimate of drug-likeness (QED) is 0.607. The van der Waals surface area contributed by atoms with Crippen molar-refractivity contribution in [1.82, 2.24) is 9.80 Å². The van der Waals surface area contributed by atoms with Crippen molar-refractivity contribution in [3.8, 4) is 5.75 Å². The van der Waals surface area contributed by atoms with Crippen LogP contribution in [-0.4, -0.2) is 75.5 Å². The van der Waals surface area contributed by atoms with Gasteiger partial charge >= 0.3 is 0 Å². The third-order valence-corrected chi connectivity index (χ3v) is 6.10. The van der Waals surface area contributed by atoms with Crippen LogP contribution in [0.5, 0.6) is 5.75 Å². The highest BCUT2D eigenvalue weighted by Crippen LogP contribution is 2.36. The highest BCUT2D eigenvalue weighted by Gasteiger charge is 2.43. The molecule has 0 N–H and O–H groups in total. The first-order valence-corrected chi connectivity index (χ1v) is 11.5. The summed E-state index contributed by atoms with van der Waals surface area (Å²) in [7, 11) is 5.95. The SMILES string of the molecule is CCCOc1ccc(C2=C(N3CCN(C)CC3)C(=O)N(c3cccc(N(C)C)c3)C2=O)cc1. The number of hydrogen-bond acceptors (Lipinski definition) is 6. The number of rotatable bonds is 7. The molecule has 0 saturated carbocycles. The van der Waals surface area contributed by atoms with Crippen molar-refractivity contribution in [3.63, 3.8) is 0 Å². The minimum absolute atomic E-state index is 0.262. The van der Waals surface area contributed by atoms with Crippen LogP contribution in [0.25, 0.3) is 5.57 Å². The minimum atomic E-state index is -0.285. The first-order chi connectivity index (χ1) is 15.9. The summed E-state index contributed by atoms with van der Waals surface area (Å²) in [5.41, 5.74) is 3.20. The molecular formula is C26H32N4O3. The molecule has 0 aliphatic carbocycles. The van der Waals surface area contributed by atoms with Crippen molar-refractivity contribution in [2.45, 2.75) is 13.3 Å². The van der Waals surface area contributed by atoms with E-state index < -0.39 is 0 Å². The molecule has 2 heterocycles. The third-order valence-electron chi connectivity index (χ3n) is 6.10. The molecule has 2 aliphatic rings. The number of likely N-dealkylation sites (N-methyl/N-ethyl adjacent to an activating group) is 1. The molecule has 0 aromatic heterocycles. The fraction of sp³-hybridized carbons (Fsp3) is 0.385. The third kappa shape index (κ3) is 4.59. The summed E-state index contributed by atoms with van der Waals surface area (Å²) in [6.07, 6.45) is 0.925. The smallest absolute Gasteiger partial charge is 0.282 e. The Labute approximate surface area is 195 Å². The lowest BCUT2D eigenvalue weighted by molar-refractivity contribution is -0.120. The molecule has 7 heteroatoms. The standard InChI is InChI=1S/C26H32N4O3/c1-5-17-33-22-11-9-19(10-12-22)23-24(29-15-13-28(4)14-16-29)26(32)30(25(23)31)21-8-6-7-20(18-21)27(2)3/h6-12,18H,5,13-17H2,1-4H3. The molecule has 2 aromatic rings. The van der Waals surface area contributed by atoms with Gasteiger partial charge in [-0.3, -0.25) is 9.59 Å². The Bertz CT molecular complexity index is 1050. The monoisotopic (exact) mass is 448 g/mol. The van der Waals surface area contributed by atoms with Gasteiger partial charge in [0.15, 0.2) is 0 Å². The average Bonchev–Trinajstić information content (AvgIpc) is 3.08. The van der Waals surface area contributed by atoms with Crippen molar-refractivity contribution < 1.29 is 14.3 Å². The van der Waals surface area contributed by atoms with Crippen molar-refractivity contribution >= 4 is 28.8 Å². The van der Waals surface area contributed by atoms with Crippen LogP contribution in [0, 0.1) is 0 Å². The van der Waals surface area contributed by atoms with E-state index in [0.29, 0.717) is 36.7 Å². The van der Waals surface area contributed by atoms with Gasteiger partial charge in [0.25, 0.3) is 11.8 Å². The van der Waals surface area contributed by atoms with E-state index in [9.17, 15) is 9.59 Å². The van der Waals surface area contributed by atoms with Crippen LogP contribution in [0.3, 0.4) is 0 Å². The van der Waals surface area contributed by atoms with Gasteiger partial charge in [-0.05, 0) is 49.4 Å². The predicted molar refractivity (Wildman–Crippen MR) is 131 cm³/mol. The zero-order valence-electron chi connectivity index (χ0n) is 19.9. The number of anilines is 2. The Balaban J connectivity index is 1.74. The second kappa shape index (κ2) is 9.67. The molecule has 0 unspecified atom stereocenters. The number of hydrogen-bond donors (Lipinski definition) is 0. The van der Waals surface area contributed by atoms with Crippen LogP contribution < -0.4 is 14.5 Å². The van der Waals surface area contributed by atoms with Crippen molar-refractivity contribution in [3.05, 3.63) is 59.8 Å². The first-order valence-electron chi connectivity index (χ1n) is 11.5. The van der Waals surface area contributed by atoms with Gasteiger partial charge in [-0.1, -0.05) is 25.1 Å². The fourth-order valence-electron chi connectivity index (χ4n) is 4.18. The predicted octanol–water partition coefficient (Wildman–Crippen LogP) is 3.07. The van der Waals surface area contributed by atoms with Gasteiger partial charge in [-0.15, -0.1) is 0 Å². The van der Waals surface area contributed by atoms with E-state index in [4.69, 9.17) is 4.74 Å². The maximum absolute atomic E-state index is 13.7. The Hall–Kier alpha value is -3.32. The van der Waals surface area contributed by atoms with Crippen LogP contribution in [0.2, 0.25) is 0 Å². The topological polar surface area (TPSA) is 56.3 Å². The summed E-state index contributed by atoms with van der Waals surface area (Å²) >= 11 is 0. The van der Waals surface area contributed by atoms with E-state index in [1.807, 2.05) is 67.5 Å². The normalized spacial score (nSPS) is 17.2. The van der Waals surface area contributed by atoms with Gasteiger partial charge in [-0.25, -0.2) is 4.90 Å². The summed E-state index contributed by atoms with van der Waals surface area (Å²) in [5.74, 6) is 0.212. The second-order valence-corrected chi connectivity index (χ2v) is 8.75. The molecule has 1 fully saturated rings. The van der Waals surface area contributed by atoms with Gasteiger partial charge in [0.1, 0.15) is 11.4 Å². The molecule has 0 radical (unpaired) electrons. The Kier molecular flexibility index (Phi) is 6.70. The Morgan fingerprint density at radius 3 is 2.27 bits per heavy atom. The number of benzene rings is 2. The molecule has 2 amide bonds. The number of carbonyl (C=O) groups is 2. The molecular weight excluding hydrogens is 416 g/mol. The van der Waals surface area contributed by atoms with Crippen LogP contribution in [-0.2, 0) is 9.59 Å². The summed E-state index contributed by atoms with van der Waals surface area (Å²) in [6, 6.07) is 15.0. The molecule has 0 atom stereocenters. The van der Waals surface area contributed by atoms with Gasteiger partial charge in [0.2, 0.25) is 0 Å². The van der Waals surface area contributed by atoms with Gasteiger partial charge in [0.05, 0.1) is 17.9 Å². The molecule has 0 bridgehead atoms. The maximum atomic E-state index is 13.7. The van der Waals surface area contributed by atoms with E-state index in [1.54, 1.807) is 0 Å². The zero-order valence-corrected chi connectivity index (χ0v) is 19.9. The summed E-state index contributed by atoms with van der Waals surface area (Å²) in [4.78, 5) is 35.0. The van der Waals surface area contributed by atoms with Crippen LogP contribution in [0.4, 0.5) is 11.4 Å². The van der Waals surface area contributed by atoms with E-state index in [2.05, 4.69) is 23.8 Å². The van der Waals surface area contributed by atoms with Crippen LogP contribution in [0.1, 0.15) is 18.9 Å². The molecule has 2 aliphatic heterocycles. The minimum Gasteiger partial charge on any atom is -0.494 e. The second-order valence-electron chi connectivity index (χ2n) is 8.75.